The van der Waals surface area contributed by atoms with Crippen LogP contribution >= 0.6 is 12.6 Å². The third-order valence-electron chi connectivity index (χ3n) is 3.31. The number of carboxylic acid groups (broad SMARTS) is 1. The van der Waals surface area contributed by atoms with Gasteiger partial charge < -0.3 is 16.2 Å². The smallest absolute Gasteiger partial charge is 0.326 e. The first-order valence-corrected chi connectivity index (χ1v) is 7.83. The Morgan fingerprint density at radius 2 is 1.86 bits per heavy atom. The molecule has 0 radical (unpaired) electrons. The van der Waals surface area contributed by atoms with Gasteiger partial charge in [0.1, 0.15) is 6.04 Å². The van der Waals surface area contributed by atoms with E-state index >= 15 is 0 Å². The molecule has 0 saturated carbocycles. The highest BCUT2D eigenvalue weighted by Crippen LogP contribution is 2.11. The molecule has 0 aromatic heterocycles. The minimum atomic E-state index is -1.04. The van der Waals surface area contributed by atoms with Crippen molar-refractivity contribution in [3.8, 4) is 0 Å². The van der Waals surface area contributed by atoms with E-state index in [2.05, 4.69) is 17.9 Å². The molecular weight excluding hydrogens is 300 g/mol. The highest BCUT2D eigenvalue weighted by Gasteiger charge is 2.27. The first-order chi connectivity index (χ1) is 10.3. The number of hydrogen-bond acceptors (Lipinski definition) is 4. The maximum absolute atomic E-state index is 12.1. The van der Waals surface area contributed by atoms with Gasteiger partial charge in [0.05, 0.1) is 5.25 Å². The van der Waals surface area contributed by atoms with Crippen LogP contribution in [0.25, 0.3) is 0 Å². The second-order valence-electron chi connectivity index (χ2n) is 5.83. The second-order valence-corrected chi connectivity index (χ2v) is 6.38. The van der Waals surface area contributed by atoms with Crippen molar-refractivity contribution >= 4 is 24.5 Å². The molecule has 0 heterocycles. The third-order valence-corrected chi connectivity index (χ3v) is 3.93. The highest BCUT2D eigenvalue weighted by atomic mass is 32.1. The van der Waals surface area contributed by atoms with Crippen LogP contribution in [0.5, 0.6) is 0 Å². The molecule has 4 N–H and O–H groups in total. The lowest BCUT2D eigenvalue weighted by atomic mass is 10.0. The third kappa shape index (κ3) is 6.07. The first-order valence-electron chi connectivity index (χ1n) is 7.32. The molecule has 122 valence electrons. The second kappa shape index (κ2) is 8.80. The van der Waals surface area contributed by atoms with Crippen molar-refractivity contribution < 1.29 is 14.7 Å². The average molecular weight is 324 g/mol. The van der Waals surface area contributed by atoms with Gasteiger partial charge in [-0.15, -0.1) is 0 Å². The number of carboxylic acids is 1. The lowest BCUT2D eigenvalue weighted by Crippen LogP contribution is -2.50. The molecule has 0 aliphatic carbocycles. The lowest BCUT2D eigenvalue weighted by Gasteiger charge is -2.22. The summed E-state index contributed by atoms with van der Waals surface area (Å²) >= 11 is 4.25. The van der Waals surface area contributed by atoms with E-state index in [4.69, 9.17) is 10.8 Å². The topological polar surface area (TPSA) is 92.4 Å². The van der Waals surface area contributed by atoms with Crippen LogP contribution < -0.4 is 11.1 Å². The quantitative estimate of drug-likeness (QED) is 0.545. The van der Waals surface area contributed by atoms with E-state index in [1.165, 1.54) is 0 Å². The monoisotopic (exact) mass is 324 g/mol. The molecule has 3 atom stereocenters. The Balaban J connectivity index is 2.61. The van der Waals surface area contributed by atoms with E-state index in [-0.39, 0.29) is 5.92 Å². The summed E-state index contributed by atoms with van der Waals surface area (Å²) in [7, 11) is 0. The number of thiol groups is 1. The van der Waals surface area contributed by atoms with Crippen LogP contribution in [0.2, 0.25) is 0 Å². The Morgan fingerprint density at radius 1 is 1.27 bits per heavy atom. The van der Waals surface area contributed by atoms with Crippen LogP contribution in [-0.2, 0) is 16.0 Å². The van der Waals surface area contributed by atoms with E-state index < -0.39 is 29.2 Å². The van der Waals surface area contributed by atoms with Crippen LogP contribution in [0.3, 0.4) is 0 Å². The summed E-state index contributed by atoms with van der Waals surface area (Å²) in [5, 5.41) is 10.9. The Morgan fingerprint density at radius 3 is 2.36 bits per heavy atom. The van der Waals surface area contributed by atoms with Gasteiger partial charge in [-0.1, -0.05) is 44.2 Å². The van der Waals surface area contributed by atoms with Crippen molar-refractivity contribution in [2.24, 2.45) is 11.7 Å². The zero-order valence-corrected chi connectivity index (χ0v) is 13.8. The van der Waals surface area contributed by atoms with E-state index in [0.717, 1.165) is 5.56 Å². The van der Waals surface area contributed by atoms with Crippen molar-refractivity contribution in [2.45, 2.75) is 44.0 Å². The van der Waals surface area contributed by atoms with Gasteiger partial charge in [0, 0.05) is 6.04 Å². The van der Waals surface area contributed by atoms with Crippen molar-refractivity contribution in [2.75, 3.05) is 0 Å². The molecule has 0 aliphatic heterocycles. The lowest BCUT2D eigenvalue weighted by molar-refractivity contribution is -0.142. The largest absolute Gasteiger partial charge is 0.480 e. The summed E-state index contributed by atoms with van der Waals surface area (Å²) in [6.45, 7) is 3.81. The molecule has 0 fully saturated rings. The van der Waals surface area contributed by atoms with Gasteiger partial charge in [-0.3, -0.25) is 4.79 Å². The number of rotatable bonds is 8. The maximum Gasteiger partial charge on any atom is 0.326 e. The van der Waals surface area contributed by atoms with Gasteiger partial charge in [0.25, 0.3) is 0 Å². The van der Waals surface area contributed by atoms with Gasteiger partial charge in [-0.2, -0.15) is 12.6 Å². The average Bonchev–Trinajstić information content (AvgIpc) is 2.46. The van der Waals surface area contributed by atoms with Crippen LogP contribution in [0, 0.1) is 5.92 Å². The van der Waals surface area contributed by atoms with Gasteiger partial charge in [-0.25, -0.2) is 4.79 Å². The molecule has 5 nitrogen and oxygen atoms in total. The minimum Gasteiger partial charge on any atom is -0.480 e. The molecule has 1 aromatic rings. The van der Waals surface area contributed by atoms with E-state index in [1.54, 1.807) is 0 Å². The minimum absolute atomic E-state index is 0.165. The van der Waals surface area contributed by atoms with Crippen LogP contribution in [0.1, 0.15) is 25.8 Å². The fourth-order valence-electron chi connectivity index (χ4n) is 2.14. The maximum atomic E-state index is 12.1. The summed E-state index contributed by atoms with van der Waals surface area (Å²) in [5.41, 5.74) is 7.03. The Kier molecular flexibility index (Phi) is 7.41. The molecule has 6 heteroatoms. The molecule has 1 amide bonds. The van der Waals surface area contributed by atoms with Crippen molar-refractivity contribution in [1.29, 1.82) is 0 Å². The molecule has 0 spiro atoms. The number of aliphatic carboxylic acids is 1. The number of carbonyl (C=O) groups is 2. The first kappa shape index (κ1) is 18.5. The normalized spacial score (nSPS) is 15.1. The summed E-state index contributed by atoms with van der Waals surface area (Å²) in [5.74, 6) is -1.32. The molecule has 1 unspecified atom stereocenters. The number of amides is 1. The van der Waals surface area contributed by atoms with E-state index in [1.807, 2.05) is 44.2 Å². The summed E-state index contributed by atoms with van der Waals surface area (Å²) < 4.78 is 0. The number of benzene rings is 1. The zero-order chi connectivity index (χ0) is 16.7. The standard InChI is InChI=1S/C16H24N2O3S/c1-10(2)8-13(16(20)21)18-15(19)14(22)12(17)9-11-6-4-3-5-7-11/h3-7,10,12-14,22H,8-9,17H2,1-2H3,(H,18,19)(H,20,21)/t12-,13+,14?/m1/s1. The molecule has 1 aromatic carbocycles. The zero-order valence-electron chi connectivity index (χ0n) is 12.9. The van der Waals surface area contributed by atoms with Crippen LogP contribution in [0.4, 0.5) is 0 Å². The number of nitrogens with two attached hydrogens (primary N) is 1. The van der Waals surface area contributed by atoms with Crippen molar-refractivity contribution in [3.63, 3.8) is 0 Å². The molecule has 0 saturated heterocycles. The predicted molar refractivity (Wildman–Crippen MR) is 89.9 cm³/mol. The predicted octanol–water partition coefficient (Wildman–Crippen LogP) is 1.47. The van der Waals surface area contributed by atoms with Gasteiger partial charge in [0.2, 0.25) is 5.91 Å². The fourth-order valence-corrected chi connectivity index (χ4v) is 2.32. The number of carbonyl (C=O) groups excluding carboxylic acids is 1. The molecular formula is C16H24N2O3S. The summed E-state index contributed by atoms with van der Waals surface area (Å²) in [4.78, 5) is 23.3. The SMILES string of the molecule is CC(C)C[C@H](NC(=O)C(S)[C@H](N)Cc1ccccc1)C(=O)O. The van der Waals surface area contributed by atoms with Crippen LogP contribution in [-0.4, -0.2) is 34.3 Å². The molecule has 22 heavy (non-hydrogen) atoms. The summed E-state index contributed by atoms with van der Waals surface area (Å²) in [6.07, 6.45) is 0.875. The van der Waals surface area contributed by atoms with Crippen LogP contribution in [0.15, 0.2) is 30.3 Å². The number of nitrogens with one attached hydrogen (secondary N) is 1. The fraction of sp³-hybridized carbons (Fsp3) is 0.500. The Labute approximate surface area is 136 Å². The van der Waals surface area contributed by atoms with Crippen molar-refractivity contribution in [3.05, 3.63) is 35.9 Å². The number of hydrogen-bond donors (Lipinski definition) is 4. The Bertz CT molecular complexity index is 493. The molecule has 0 aliphatic rings. The van der Waals surface area contributed by atoms with Gasteiger partial charge in [0.15, 0.2) is 0 Å². The Hall–Kier alpha value is -1.53. The van der Waals surface area contributed by atoms with Gasteiger partial charge in [-0.05, 0) is 24.3 Å². The van der Waals surface area contributed by atoms with Crippen molar-refractivity contribution in [1.82, 2.24) is 5.32 Å². The summed E-state index contributed by atoms with van der Waals surface area (Å²) in [6, 6.07) is 8.17. The van der Waals surface area contributed by atoms with E-state index in [9.17, 15) is 9.59 Å². The highest BCUT2D eigenvalue weighted by molar-refractivity contribution is 7.81. The van der Waals surface area contributed by atoms with E-state index in [0.29, 0.717) is 12.8 Å². The molecule has 1 rings (SSSR count). The van der Waals surface area contributed by atoms with Gasteiger partial charge >= 0.3 is 5.97 Å². The molecule has 0 bridgehead atoms.